The van der Waals surface area contributed by atoms with Gasteiger partial charge in [-0.2, -0.15) is 0 Å². The van der Waals surface area contributed by atoms with Crippen LogP contribution in [0.5, 0.6) is 0 Å². The Hall–Kier alpha value is -0.180. The van der Waals surface area contributed by atoms with Crippen LogP contribution in [-0.4, -0.2) is 16.4 Å². The van der Waals surface area contributed by atoms with E-state index in [0.29, 0.717) is 40.3 Å². The van der Waals surface area contributed by atoms with E-state index >= 15 is 0 Å². The zero-order valence-electron chi connectivity index (χ0n) is 13.5. The molecule has 0 saturated heterocycles. The van der Waals surface area contributed by atoms with Crippen molar-refractivity contribution < 1.29 is 9.59 Å². The highest BCUT2D eigenvalue weighted by Gasteiger charge is 2.61. The zero-order valence-corrected chi connectivity index (χ0v) is 15.1. The molecule has 3 aliphatic rings. The van der Waals surface area contributed by atoms with Gasteiger partial charge in [0.05, 0.1) is 0 Å². The third-order valence-corrected chi connectivity index (χ3v) is 7.97. The zero-order chi connectivity index (χ0) is 15.5. The van der Waals surface area contributed by atoms with E-state index in [9.17, 15) is 9.59 Å². The minimum atomic E-state index is -0.0346. The number of carbonyl (C=O) groups is 2. The van der Waals surface area contributed by atoms with Gasteiger partial charge in [0, 0.05) is 16.7 Å². The molecule has 118 valence electrons. The summed E-state index contributed by atoms with van der Waals surface area (Å²) >= 11 is 3.95. The number of hydrogen-bond donors (Lipinski definition) is 0. The second kappa shape index (κ2) is 5.47. The number of hydrogen-bond acceptors (Lipinski definition) is 2. The molecule has 7 unspecified atom stereocenters. The molecule has 0 heterocycles. The topological polar surface area (TPSA) is 34.1 Å². The van der Waals surface area contributed by atoms with E-state index in [2.05, 4.69) is 43.6 Å². The van der Waals surface area contributed by atoms with Crippen molar-refractivity contribution >= 4 is 27.5 Å². The summed E-state index contributed by atoms with van der Waals surface area (Å²) in [6.45, 7) is 8.92. The summed E-state index contributed by atoms with van der Waals surface area (Å²) < 4.78 is 0. The van der Waals surface area contributed by atoms with Gasteiger partial charge in [0.1, 0.15) is 0 Å². The first-order valence-electron chi connectivity index (χ1n) is 8.56. The molecule has 3 heteroatoms. The Labute approximate surface area is 136 Å². The summed E-state index contributed by atoms with van der Waals surface area (Å²) in [5.74, 6) is 2.85. The van der Waals surface area contributed by atoms with Crippen molar-refractivity contribution in [1.82, 2.24) is 0 Å². The molecule has 0 aliphatic heterocycles. The second-order valence-electron chi connectivity index (χ2n) is 8.18. The smallest absolute Gasteiger partial charge is 0.202 e. The van der Waals surface area contributed by atoms with Crippen molar-refractivity contribution in [2.45, 2.75) is 51.8 Å². The van der Waals surface area contributed by atoms with E-state index in [1.54, 1.807) is 0 Å². The maximum Gasteiger partial charge on any atom is 0.202 e. The van der Waals surface area contributed by atoms with E-state index in [1.807, 2.05) is 0 Å². The van der Waals surface area contributed by atoms with Crippen LogP contribution in [0.15, 0.2) is 0 Å². The molecule has 3 saturated carbocycles. The van der Waals surface area contributed by atoms with E-state index in [0.717, 1.165) is 12.8 Å². The van der Waals surface area contributed by atoms with Crippen LogP contribution in [0.3, 0.4) is 0 Å². The summed E-state index contributed by atoms with van der Waals surface area (Å²) in [5.41, 5.74) is 0. The van der Waals surface area contributed by atoms with Crippen LogP contribution in [0.1, 0.15) is 47.0 Å². The molecule has 21 heavy (non-hydrogen) atoms. The minimum absolute atomic E-state index is 0.0226. The number of Topliss-reactive ketones (excluding diaryl/α,β-unsaturated/α-hetero) is 2. The van der Waals surface area contributed by atoms with Gasteiger partial charge < -0.3 is 0 Å². The first-order valence-corrected chi connectivity index (χ1v) is 9.48. The number of carbonyl (C=O) groups excluding carboxylic acids is 2. The third kappa shape index (κ3) is 2.26. The van der Waals surface area contributed by atoms with Gasteiger partial charge in [0.25, 0.3) is 0 Å². The average molecular weight is 355 g/mol. The van der Waals surface area contributed by atoms with Gasteiger partial charge in [0.15, 0.2) is 0 Å². The highest BCUT2D eigenvalue weighted by Crippen LogP contribution is 2.58. The summed E-state index contributed by atoms with van der Waals surface area (Å²) in [4.78, 5) is 25.7. The first kappa shape index (κ1) is 15.7. The molecular formula is C18H27BrO2. The van der Waals surface area contributed by atoms with E-state index < -0.39 is 0 Å². The largest absolute Gasteiger partial charge is 0.291 e. The van der Waals surface area contributed by atoms with Crippen LogP contribution in [0.2, 0.25) is 0 Å². The summed E-state index contributed by atoms with van der Waals surface area (Å²) in [6.07, 6.45) is 3.21. The molecule has 0 spiro atoms. The lowest BCUT2D eigenvalue weighted by molar-refractivity contribution is -0.138. The van der Waals surface area contributed by atoms with Crippen molar-refractivity contribution in [3.63, 3.8) is 0 Å². The van der Waals surface area contributed by atoms with Crippen molar-refractivity contribution in [2.24, 2.45) is 47.3 Å². The molecule has 0 amide bonds. The molecule has 3 rings (SSSR count). The van der Waals surface area contributed by atoms with E-state index in [1.165, 1.54) is 6.42 Å². The van der Waals surface area contributed by atoms with Crippen LogP contribution < -0.4 is 0 Å². The predicted octanol–water partition coefficient (Wildman–Crippen LogP) is 4.11. The Bertz CT molecular complexity index is 456. The molecule has 0 bridgehead atoms. The monoisotopic (exact) mass is 354 g/mol. The molecular weight excluding hydrogens is 328 g/mol. The van der Waals surface area contributed by atoms with E-state index in [4.69, 9.17) is 0 Å². The summed E-state index contributed by atoms with van der Waals surface area (Å²) in [7, 11) is 0. The molecule has 7 atom stereocenters. The summed E-state index contributed by atoms with van der Waals surface area (Å²) in [5, 5.41) is 0. The molecule has 3 fully saturated rings. The standard InChI is InChI=1S/C18H27BrO2/c1-8(2)10-5-6-11-14-13(17(20)18(21)15(10)14)7-12(9(3)4)16(11)19/h8-16H,5-7H2,1-4H3. The lowest BCUT2D eigenvalue weighted by Crippen LogP contribution is -2.48. The number of rotatable bonds is 2. The number of halogens is 1. The van der Waals surface area contributed by atoms with Crippen molar-refractivity contribution in [3.8, 4) is 0 Å². The van der Waals surface area contributed by atoms with Crippen LogP contribution >= 0.6 is 15.9 Å². The Morgan fingerprint density at radius 2 is 1.57 bits per heavy atom. The molecule has 0 aromatic rings. The Morgan fingerprint density at radius 1 is 0.952 bits per heavy atom. The van der Waals surface area contributed by atoms with Gasteiger partial charge in [-0.1, -0.05) is 43.6 Å². The highest BCUT2D eigenvalue weighted by atomic mass is 79.9. The second-order valence-corrected chi connectivity index (χ2v) is 9.23. The van der Waals surface area contributed by atoms with Crippen LogP contribution in [0.4, 0.5) is 0 Å². The Morgan fingerprint density at radius 3 is 2.14 bits per heavy atom. The molecule has 0 radical (unpaired) electrons. The summed E-state index contributed by atoms with van der Waals surface area (Å²) in [6, 6.07) is 0. The third-order valence-electron chi connectivity index (χ3n) is 6.61. The molecule has 0 aromatic carbocycles. The van der Waals surface area contributed by atoms with Crippen molar-refractivity contribution in [1.29, 1.82) is 0 Å². The fourth-order valence-corrected chi connectivity index (χ4v) is 6.96. The number of alkyl halides is 1. The average Bonchev–Trinajstić information content (AvgIpc) is 2.67. The Balaban J connectivity index is 1.97. The molecule has 0 aromatic heterocycles. The SMILES string of the molecule is CC(C)C1CC2C(=O)C(=O)C3C(C(C)C)CCC(C1Br)C23. The normalized spacial score (nSPS) is 46.3. The quantitative estimate of drug-likeness (QED) is 0.552. The lowest BCUT2D eigenvalue weighted by Gasteiger charge is -2.50. The van der Waals surface area contributed by atoms with Gasteiger partial charge in [-0.25, -0.2) is 0 Å². The predicted molar refractivity (Wildman–Crippen MR) is 87.2 cm³/mol. The molecule has 3 aliphatic carbocycles. The maximum atomic E-state index is 12.6. The number of ketones is 2. The first-order chi connectivity index (χ1) is 9.84. The fraction of sp³-hybridized carbons (Fsp3) is 0.889. The van der Waals surface area contributed by atoms with Gasteiger partial charge in [-0.05, 0) is 54.8 Å². The van der Waals surface area contributed by atoms with Gasteiger partial charge in [0.2, 0.25) is 11.6 Å². The minimum Gasteiger partial charge on any atom is -0.291 e. The molecule has 0 N–H and O–H groups in total. The van der Waals surface area contributed by atoms with Crippen molar-refractivity contribution in [2.75, 3.05) is 0 Å². The highest BCUT2D eigenvalue weighted by molar-refractivity contribution is 9.09. The van der Waals surface area contributed by atoms with Crippen LogP contribution in [0, 0.1) is 47.3 Å². The lowest BCUT2D eigenvalue weighted by atomic mass is 9.56. The maximum absolute atomic E-state index is 12.6. The fourth-order valence-electron chi connectivity index (χ4n) is 5.51. The van der Waals surface area contributed by atoms with Crippen molar-refractivity contribution in [3.05, 3.63) is 0 Å². The van der Waals surface area contributed by atoms with Gasteiger partial charge in [-0.3, -0.25) is 9.59 Å². The van der Waals surface area contributed by atoms with Gasteiger partial charge >= 0.3 is 0 Å². The van der Waals surface area contributed by atoms with Crippen LogP contribution in [0.25, 0.3) is 0 Å². The molecule has 2 nitrogen and oxygen atoms in total. The Kier molecular flexibility index (Phi) is 4.09. The van der Waals surface area contributed by atoms with Crippen LogP contribution in [-0.2, 0) is 9.59 Å². The van der Waals surface area contributed by atoms with Gasteiger partial charge in [-0.15, -0.1) is 0 Å². The van der Waals surface area contributed by atoms with E-state index in [-0.39, 0.29) is 23.4 Å².